The third-order valence-electron chi connectivity index (χ3n) is 4.28. The minimum Gasteiger partial charge on any atom is -0.465 e. The summed E-state index contributed by atoms with van der Waals surface area (Å²) in [4.78, 5) is 11.9. The van der Waals surface area contributed by atoms with Crippen LogP contribution in [0.1, 0.15) is 41.5 Å². The van der Waals surface area contributed by atoms with Gasteiger partial charge in [-0.25, -0.2) is 0 Å². The summed E-state index contributed by atoms with van der Waals surface area (Å²) in [5.74, 6) is -0.621. The van der Waals surface area contributed by atoms with Gasteiger partial charge >= 0.3 is 5.97 Å². The minimum atomic E-state index is -1.86. The first-order chi connectivity index (χ1) is 9.27. The van der Waals surface area contributed by atoms with Gasteiger partial charge < -0.3 is 14.3 Å². The molecular formula is C15H31BrO4Si. The van der Waals surface area contributed by atoms with Crippen LogP contribution in [0.3, 0.4) is 0 Å². The summed E-state index contributed by atoms with van der Waals surface area (Å²) in [6.45, 7) is 16.9. The van der Waals surface area contributed by atoms with Crippen LogP contribution in [0, 0.1) is 5.92 Å². The number of carbonyl (C=O) groups is 1. The molecule has 0 fully saturated rings. The van der Waals surface area contributed by atoms with Gasteiger partial charge in [-0.3, -0.25) is 4.79 Å². The molecule has 0 aliphatic rings. The average molecular weight is 383 g/mol. The number of hydrogen-bond donors (Lipinski definition) is 1. The fourth-order valence-electron chi connectivity index (χ4n) is 1.57. The standard InChI is InChI=1S/C15H31BrO4Si/c1-9-19-13(18)15(6,16)12(17)11(2)10-20-21(7,8)14(3,4)5/h11-12,17H,9-10H2,1-8H3/t11-,12-,15+/m0/s1. The number of aliphatic hydroxyl groups is 1. The van der Waals surface area contributed by atoms with E-state index >= 15 is 0 Å². The van der Waals surface area contributed by atoms with Gasteiger partial charge in [0.15, 0.2) is 8.32 Å². The molecule has 0 unspecified atom stereocenters. The van der Waals surface area contributed by atoms with Gasteiger partial charge in [0.05, 0.1) is 12.7 Å². The highest BCUT2D eigenvalue weighted by Gasteiger charge is 2.43. The van der Waals surface area contributed by atoms with Crippen LogP contribution >= 0.6 is 15.9 Å². The van der Waals surface area contributed by atoms with E-state index in [1.807, 2.05) is 6.92 Å². The molecule has 3 atom stereocenters. The van der Waals surface area contributed by atoms with Crippen molar-refractivity contribution >= 4 is 30.2 Å². The molecule has 0 radical (unpaired) electrons. The van der Waals surface area contributed by atoms with Gasteiger partial charge in [0, 0.05) is 12.5 Å². The van der Waals surface area contributed by atoms with E-state index in [9.17, 15) is 9.90 Å². The van der Waals surface area contributed by atoms with E-state index < -0.39 is 24.7 Å². The first-order valence-electron chi connectivity index (χ1n) is 7.45. The SMILES string of the molecule is CCOC(=O)[C@](C)(Br)[C@@H](O)[C@@H](C)CO[Si](C)(C)C(C)(C)C. The number of carbonyl (C=O) groups excluding carboxylic acids is 1. The first kappa shape index (κ1) is 21.1. The van der Waals surface area contributed by atoms with Gasteiger partial charge in [-0.2, -0.15) is 0 Å². The van der Waals surface area contributed by atoms with Gasteiger partial charge in [0.2, 0.25) is 0 Å². The van der Waals surface area contributed by atoms with E-state index in [1.165, 1.54) is 0 Å². The maximum atomic E-state index is 11.9. The molecule has 21 heavy (non-hydrogen) atoms. The molecule has 0 aliphatic heterocycles. The van der Waals surface area contributed by atoms with E-state index in [4.69, 9.17) is 9.16 Å². The van der Waals surface area contributed by atoms with Gasteiger partial charge in [-0.05, 0) is 32.0 Å². The summed E-state index contributed by atoms with van der Waals surface area (Å²) in [6, 6.07) is 0. The lowest BCUT2D eigenvalue weighted by atomic mass is 9.94. The van der Waals surface area contributed by atoms with Crippen molar-refractivity contribution < 1.29 is 19.1 Å². The van der Waals surface area contributed by atoms with Gasteiger partial charge in [0.1, 0.15) is 4.32 Å². The molecular weight excluding hydrogens is 352 g/mol. The van der Waals surface area contributed by atoms with E-state index in [0.29, 0.717) is 13.2 Å². The second-order valence-electron chi connectivity index (χ2n) is 7.29. The molecule has 0 aliphatic carbocycles. The zero-order chi connectivity index (χ0) is 17.1. The van der Waals surface area contributed by atoms with E-state index in [2.05, 4.69) is 49.8 Å². The number of hydrogen-bond acceptors (Lipinski definition) is 4. The highest BCUT2D eigenvalue weighted by Crippen LogP contribution is 2.37. The Morgan fingerprint density at radius 1 is 1.29 bits per heavy atom. The highest BCUT2D eigenvalue weighted by molar-refractivity contribution is 9.10. The van der Waals surface area contributed by atoms with Crippen molar-refractivity contribution in [1.29, 1.82) is 0 Å². The van der Waals surface area contributed by atoms with Crippen molar-refractivity contribution in [1.82, 2.24) is 0 Å². The predicted octanol–water partition coefficient (Wildman–Crippen LogP) is 3.72. The summed E-state index contributed by atoms with van der Waals surface area (Å²) in [7, 11) is -1.86. The van der Waals surface area contributed by atoms with Crippen LogP contribution < -0.4 is 0 Å². The maximum Gasteiger partial charge on any atom is 0.325 e. The number of alkyl halides is 1. The summed E-state index contributed by atoms with van der Waals surface area (Å²) >= 11 is 3.31. The summed E-state index contributed by atoms with van der Waals surface area (Å²) in [5.41, 5.74) is 0. The second-order valence-corrected chi connectivity index (χ2v) is 13.7. The Morgan fingerprint density at radius 2 is 1.76 bits per heavy atom. The molecule has 0 heterocycles. The van der Waals surface area contributed by atoms with Crippen molar-refractivity contribution in [2.24, 2.45) is 5.92 Å². The summed E-state index contributed by atoms with van der Waals surface area (Å²) in [5, 5.41) is 10.6. The Bertz CT molecular complexity index is 350. The summed E-state index contributed by atoms with van der Waals surface area (Å²) < 4.78 is 10.0. The molecule has 0 saturated carbocycles. The average Bonchev–Trinajstić information content (AvgIpc) is 2.33. The molecule has 0 rings (SSSR count). The Hall–Kier alpha value is 0.0869. The van der Waals surface area contributed by atoms with Crippen LogP contribution in [0.25, 0.3) is 0 Å². The van der Waals surface area contributed by atoms with Crippen molar-refractivity contribution in [3.8, 4) is 0 Å². The molecule has 6 heteroatoms. The van der Waals surface area contributed by atoms with E-state index in [0.717, 1.165) is 0 Å². The van der Waals surface area contributed by atoms with Crippen LogP contribution in [0.2, 0.25) is 18.1 Å². The lowest BCUT2D eigenvalue weighted by Crippen LogP contribution is -2.49. The quantitative estimate of drug-likeness (QED) is 0.414. The third kappa shape index (κ3) is 5.66. The molecule has 0 saturated heterocycles. The van der Waals surface area contributed by atoms with Crippen molar-refractivity contribution in [3.63, 3.8) is 0 Å². The van der Waals surface area contributed by atoms with Crippen molar-refractivity contribution in [3.05, 3.63) is 0 Å². The highest BCUT2D eigenvalue weighted by atomic mass is 79.9. The number of rotatable bonds is 7. The predicted molar refractivity (Wildman–Crippen MR) is 92.3 cm³/mol. The van der Waals surface area contributed by atoms with E-state index in [-0.39, 0.29) is 11.0 Å². The number of esters is 1. The Morgan fingerprint density at radius 3 is 2.14 bits per heavy atom. The normalized spacial score (nSPS) is 18.8. The van der Waals surface area contributed by atoms with Crippen LogP contribution in [0.5, 0.6) is 0 Å². The molecule has 4 nitrogen and oxygen atoms in total. The lowest BCUT2D eigenvalue weighted by molar-refractivity contribution is -0.149. The van der Waals surface area contributed by atoms with E-state index in [1.54, 1.807) is 13.8 Å². The molecule has 0 aromatic heterocycles. The zero-order valence-electron chi connectivity index (χ0n) is 14.6. The number of ether oxygens (including phenoxy) is 1. The van der Waals surface area contributed by atoms with Crippen LogP contribution in [-0.4, -0.2) is 43.0 Å². The monoisotopic (exact) mass is 382 g/mol. The Labute approximate surface area is 138 Å². The second kappa shape index (κ2) is 7.57. The minimum absolute atomic E-state index is 0.122. The summed E-state index contributed by atoms with van der Waals surface area (Å²) in [6.07, 6.45) is -0.874. The Balaban J connectivity index is 4.73. The molecule has 0 bridgehead atoms. The van der Waals surface area contributed by atoms with Crippen molar-refractivity contribution in [2.75, 3.05) is 13.2 Å². The largest absolute Gasteiger partial charge is 0.465 e. The molecule has 0 spiro atoms. The molecule has 1 N–H and O–H groups in total. The van der Waals surface area contributed by atoms with Gasteiger partial charge in [0.25, 0.3) is 0 Å². The van der Waals surface area contributed by atoms with Gasteiger partial charge in [-0.1, -0.05) is 43.6 Å². The smallest absolute Gasteiger partial charge is 0.325 e. The fourth-order valence-corrected chi connectivity index (χ4v) is 3.25. The number of aliphatic hydroxyl groups excluding tert-OH is 1. The fraction of sp³-hybridized carbons (Fsp3) is 0.933. The zero-order valence-corrected chi connectivity index (χ0v) is 17.2. The molecule has 0 amide bonds. The molecule has 0 aromatic rings. The van der Waals surface area contributed by atoms with Crippen LogP contribution in [0.15, 0.2) is 0 Å². The first-order valence-corrected chi connectivity index (χ1v) is 11.2. The van der Waals surface area contributed by atoms with Crippen LogP contribution in [0.4, 0.5) is 0 Å². The van der Waals surface area contributed by atoms with Crippen molar-refractivity contribution in [2.45, 2.75) is 70.1 Å². The Kier molecular flexibility index (Phi) is 7.60. The lowest BCUT2D eigenvalue weighted by Gasteiger charge is -2.38. The molecule has 126 valence electrons. The van der Waals surface area contributed by atoms with Crippen LogP contribution in [-0.2, 0) is 14.0 Å². The number of halogens is 1. The third-order valence-corrected chi connectivity index (χ3v) is 9.58. The van der Waals surface area contributed by atoms with Gasteiger partial charge in [-0.15, -0.1) is 0 Å². The molecule has 0 aromatic carbocycles. The topological polar surface area (TPSA) is 55.8 Å². The maximum absolute atomic E-state index is 11.9.